The molecule has 1 unspecified atom stereocenters. The van der Waals surface area contributed by atoms with Gasteiger partial charge in [-0.3, -0.25) is 0 Å². The van der Waals surface area contributed by atoms with Gasteiger partial charge in [-0.15, -0.1) is 0 Å². The molecule has 1 nitrogen and oxygen atoms in total. The van der Waals surface area contributed by atoms with E-state index in [1.165, 1.54) is 61.6 Å². The molecule has 1 heteroatoms. The summed E-state index contributed by atoms with van der Waals surface area (Å²) in [7, 11) is 0. The average molecular weight is 283 g/mol. The second-order valence-corrected chi connectivity index (χ2v) is 8.59. The lowest BCUT2D eigenvalue weighted by atomic mass is 9.48. The summed E-state index contributed by atoms with van der Waals surface area (Å²) in [6, 6.07) is 7.00. The maximum Gasteiger partial charge on any atom is 0.0302 e. The molecule has 0 aromatic heterocycles. The van der Waals surface area contributed by atoms with Gasteiger partial charge >= 0.3 is 0 Å². The molecule has 4 aliphatic carbocycles. The molecule has 4 aliphatic rings. The quantitative estimate of drug-likeness (QED) is 0.838. The van der Waals surface area contributed by atoms with Gasteiger partial charge in [0.2, 0.25) is 0 Å². The fourth-order valence-electron chi connectivity index (χ4n) is 6.28. The van der Waals surface area contributed by atoms with Crippen molar-refractivity contribution in [1.29, 1.82) is 0 Å². The van der Waals surface area contributed by atoms with E-state index >= 15 is 0 Å². The molecule has 21 heavy (non-hydrogen) atoms. The highest BCUT2D eigenvalue weighted by Crippen LogP contribution is 2.62. The molecule has 0 spiro atoms. The number of aryl methyl sites for hydroxylation is 2. The van der Waals surface area contributed by atoms with E-state index in [-0.39, 0.29) is 6.04 Å². The Morgan fingerprint density at radius 1 is 1.05 bits per heavy atom. The van der Waals surface area contributed by atoms with Crippen LogP contribution in [0.15, 0.2) is 18.2 Å². The van der Waals surface area contributed by atoms with Crippen LogP contribution in [0, 0.1) is 37.0 Å². The van der Waals surface area contributed by atoms with Crippen LogP contribution in [0.3, 0.4) is 0 Å². The Hall–Kier alpha value is -0.820. The van der Waals surface area contributed by atoms with Gasteiger partial charge < -0.3 is 5.73 Å². The van der Waals surface area contributed by atoms with Gasteiger partial charge in [0.25, 0.3) is 0 Å². The molecule has 4 saturated carbocycles. The lowest BCUT2D eigenvalue weighted by Gasteiger charge is -2.57. The minimum absolute atomic E-state index is 0.237. The van der Waals surface area contributed by atoms with Crippen LogP contribution in [0.1, 0.15) is 67.7 Å². The van der Waals surface area contributed by atoms with Gasteiger partial charge in [0, 0.05) is 6.04 Å². The minimum Gasteiger partial charge on any atom is -0.324 e. The summed E-state index contributed by atoms with van der Waals surface area (Å²) in [6.07, 6.45) is 10.2. The van der Waals surface area contributed by atoms with Gasteiger partial charge in [-0.2, -0.15) is 0 Å². The third-order valence-electron chi connectivity index (χ3n) is 6.65. The zero-order chi connectivity index (χ0) is 14.6. The molecule has 1 aromatic carbocycles. The molecule has 0 aliphatic heterocycles. The molecule has 4 bridgehead atoms. The Bertz CT molecular complexity index is 509. The van der Waals surface area contributed by atoms with Crippen molar-refractivity contribution in [3.05, 3.63) is 34.9 Å². The van der Waals surface area contributed by atoms with Crippen LogP contribution < -0.4 is 5.73 Å². The summed E-state index contributed by atoms with van der Waals surface area (Å²) < 4.78 is 0. The average Bonchev–Trinajstić information content (AvgIpc) is 2.39. The number of rotatable bonds is 3. The van der Waals surface area contributed by atoms with E-state index in [1.807, 2.05) is 0 Å². The number of nitrogens with two attached hydrogens (primary N) is 1. The van der Waals surface area contributed by atoms with Crippen LogP contribution in [0.5, 0.6) is 0 Å². The van der Waals surface area contributed by atoms with Gasteiger partial charge in [-0.1, -0.05) is 23.8 Å². The first-order valence-corrected chi connectivity index (χ1v) is 8.86. The number of hydrogen-bond donors (Lipinski definition) is 1. The van der Waals surface area contributed by atoms with Crippen molar-refractivity contribution in [1.82, 2.24) is 0 Å². The molecular weight excluding hydrogens is 254 g/mol. The highest BCUT2D eigenvalue weighted by Gasteiger charge is 2.51. The van der Waals surface area contributed by atoms with Crippen molar-refractivity contribution >= 4 is 0 Å². The molecule has 2 N–H and O–H groups in total. The molecular formula is C20H29N. The summed E-state index contributed by atoms with van der Waals surface area (Å²) in [6.45, 7) is 4.40. The molecule has 0 saturated heterocycles. The van der Waals surface area contributed by atoms with E-state index < -0.39 is 0 Å². The molecule has 1 atom stereocenters. The lowest BCUT2D eigenvalue weighted by Crippen LogP contribution is -2.47. The van der Waals surface area contributed by atoms with Crippen molar-refractivity contribution in [2.24, 2.45) is 28.9 Å². The van der Waals surface area contributed by atoms with E-state index in [0.717, 1.165) is 17.8 Å². The Morgan fingerprint density at radius 2 is 1.62 bits per heavy atom. The van der Waals surface area contributed by atoms with Gasteiger partial charge in [0.1, 0.15) is 0 Å². The van der Waals surface area contributed by atoms with Crippen LogP contribution in [-0.2, 0) is 0 Å². The third-order valence-corrected chi connectivity index (χ3v) is 6.65. The molecule has 0 heterocycles. The second-order valence-electron chi connectivity index (χ2n) is 8.59. The summed E-state index contributed by atoms with van der Waals surface area (Å²) in [5, 5.41) is 0. The van der Waals surface area contributed by atoms with Crippen molar-refractivity contribution in [3.63, 3.8) is 0 Å². The normalized spacial score (nSPS) is 38.7. The van der Waals surface area contributed by atoms with Gasteiger partial charge in [-0.05, 0) is 93.1 Å². The van der Waals surface area contributed by atoms with Crippen molar-refractivity contribution in [3.8, 4) is 0 Å². The van der Waals surface area contributed by atoms with E-state index in [1.54, 1.807) is 0 Å². The Morgan fingerprint density at radius 3 is 2.19 bits per heavy atom. The first kappa shape index (κ1) is 13.8. The van der Waals surface area contributed by atoms with Crippen LogP contribution in [-0.4, -0.2) is 0 Å². The summed E-state index contributed by atoms with van der Waals surface area (Å²) >= 11 is 0. The SMILES string of the molecule is Cc1ccc(C)c(C(N)CC23CC4CC(CC(C4)C2)C3)c1. The third kappa shape index (κ3) is 2.44. The fraction of sp³-hybridized carbons (Fsp3) is 0.700. The first-order valence-electron chi connectivity index (χ1n) is 8.86. The molecule has 114 valence electrons. The Labute approximate surface area is 129 Å². The first-order chi connectivity index (χ1) is 10.0. The zero-order valence-electron chi connectivity index (χ0n) is 13.6. The molecule has 0 radical (unpaired) electrons. The molecule has 0 amide bonds. The monoisotopic (exact) mass is 283 g/mol. The summed E-state index contributed by atoms with van der Waals surface area (Å²) in [5.41, 5.74) is 11.4. The molecule has 1 aromatic rings. The Kier molecular flexibility index (Phi) is 3.19. The standard InChI is InChI=1S/C20H29N/c1-13-3-4-14(2)18(5-13)19(21)12-20-9-15-6-16(10-20)8-17(7-15)11-20/h3-5,15-17,19H,6-12,21H2,1-2H3. The van der Waals surface area contributed by atoms with Gasteiger partial charge in [-0.25, -0.2) is 0 Å². The van der Waals surface area contributed by atoms with Gasteiger partial charge in [0.15, 0.2) is 0 Å². The zero-order valence-corrected chi connectivity index (χ0v) is 13.6. The maximum atomic E-state index is 6.69. The van der Waals surface area contributed by atoms with Crippen molar-refractivity contribution in [2.45, 2.75) is 64.8 Å². The highest BCUT2D eigenvalue weighted by atomic mass is 14.7. The van der Waals surface area contributed by atoms with Crippen LogP contribution in [0.25, 0.3) is 0 Å². The van der Waals surface area contributed by atoms with Crippen LogP contribution in [0.2, 0.25) is 0 Å². The van der Waals surface area contributed by atoms with E-state index in [2.05, 4.69) is 32.0 Å². The Balaban J connectivity index is 1.56. The lowest BCUT2D eigenvalue weighted by molar-refractivity contribution is -0.0605. The van der Waals surface area contributed by atoms with Crippen molar-refractivity contribution < 1.29 is 0 Å². The molecule has 5 rings (SSSR count). The van der Waals surface area contributed by atoms with E-state index in [0.29, 0.717) is 5.41 Å². The largest absolute Gasteiger partial charge is 0.324 e. The van der Waals surface area contributed by atoms with Crippen LogP contribution >= 0.6 is 0 Å². The highest BCUT2D eigenvalue weighted by molar-refractivity contribution is 5.33. The topological polar surface area (TPSA) is 26.0 Å². The maximum absolute atomic E-state index is 6.69. The second kappa shape index (κ2) is 4.84. The van der Waals surface area contributed by atoms with E-state index in [9.17, 15) is 0 Å². The number of hydrogen-bond acceptors (Lipinski definition) is 1. The predicted octanol–water partition coefficient (Wildman–Crippen LogP) is 4.91. The summed E-state index contributed by atoms with van der Waals surface area (Å²) in [5.74, 6) is 3.09. The van der Waals surface area contributed by atoms with Crippen LogP contribution in [0.4, 0.5) is 0 Å². The van der Waals surface area contributed by atoms with Crippen molar-refractivity contribution in [2.75, 3.05) is 0 Å². The van der Waals surface area contributed by atoms with Gasteiger partial charge in [0.05, 0.1) is 0 Å². The summed E-state index contributed by atoms with van der Waals surface area (Å²) in [4.78, 5) is 0. The minimum atomic E-state index is 0.237. The number of benzene rings is 1. The fourth-order valence-corrected chi connectivity index (χ4v) is 6.28. The van der Waals surface area contributed by atoms with E-state index in [4.69, 9.17) is 5.73 Å². The molecule has 4 fully saturated rings. The smallest absolute Gasteiger partial charge is 0.0302 e. The predicted molar refractivity (Wildman–Crippen MR) is 88.1 cm³/mol.